The minimum atomic E-state index is 0.225. The summed E-state index contributed by atoms with van der Waals surface area (Å²) in [4.78, 5) is 17.6. The van der Waals surface area contributed by atoms with Crippen LogP contribution in [0.3, 0.4) is 0 Å². The van der Waals surface area contributed by atoms with Gasteiger partial charge < -0.3 is 15.1 Å². The number of piperidine rings is 1. The third-order valence-electron chi connectivity index (χ3n) is 5.41. The fourth-order valence-corrected chi connectivity index (χ4v) is 3.91. The van der Waals surface area contributed by atoms with E-state index in [1.807, 2.05) is 0 Å². The number of nitrogens with one attached hydrogen (secondary N) is 1. The van der Waals surface area contributed by atoms with E-state index in [-0.39, 0.29) is 5.91 Å². The average Bonchev–Trinajstić information content (AvgIpc) is 3.14. The summed E-state index contributed by atoms with van der Waals surface area (Å²) in [6.07, 6.45) is 4.70. The molecule has 3 rings (SSSR count). The zero-order chi connectivity index (χ0) is 16.9. The van der Waals surface area contributed by atoms with E-state index in [0.717, 1.165) is 63.4 Å². The van der Waals surface area contributed by atoms with Gasteiger partial charge in [-0.05, 0) is 63.7 Å². The molecule has 24 heavy (non-hydrogen) atoms. The Labute approximate surface area is 146 Å². The lowest BCUT2D eigenvalue weighted by molar-refractivity contribution is 0.0691. The summed E-state index contributed by atoms with van der Waals surface area (Å²) in [5, 5.41) is 3.44. The van der Waals surface area contributed by atoms with E-state index in [0.29, 0.717) is 5.92 Å². The number of carbonyl (C=O) groups excluding carboxylic acids is 1. The van der Waals surface area contributed by atoms with E-state index in [1.54, 1.807) is 0 Å². The first-order chi connectivity index (χ1) is 11.7. The van der Waals surface area contributed by atoms with Crippen LogP contribution >= 0.6 is 0 Å². The number of rotatable bonds is 5. The SMILES string of the molecule is CCNCC1CCN(C(=O)c2cc(C)ccc2N2CCCC2)CC1. The van der Waals surface area contributed by atoms with Gasteiger partial charge in [-0.25, -0.2) is 0 Å². The Balaban J connectivity index is 1.70. The molecule has 4 heteroatoms. The van der Waals surface area contributed by atoms with Gasteiger partial charge in [0, 0.05) is 31.9 Å². The molecule has 0 radical (unpaired) electrons. The quantitative estimate of drug-likeness (QED) is 0.902. The molecule has 2 saturated heterocycles. The van der Waals surface area contributed by atoms with Crippen LogP contribution < -0.4 is 10.2 Å². The number of benzene rings is 1. The number of nitrogens with zero attached hydrogens (tertiary/aromatic N) is 2. The lowest BCUT2D eigenvalue weighted by atomic mass is 9.96. The molecule has 0 unspecified atom stereocenters. The van der Waals surface area contributed by atoms with Crippen molar-refractivity contribution in [1.29, 1.82) is 0 Å². The van der Waals surface area contributed by atoms with Crippen molar-refractivity contribution in [2.45, 2.75) is 39.5 Å². The van der Waals surface area contributed by atoms with Crippen LogP contribution in [-0.4, -0.2) is 50.1 Å². The van der Waals surface area contributed by atoms with Crippen LogP contribution in [0.5, 0.6) is 0 Å². The van der Waals surface area contributed by atoms with Crippen LogP contribution in [0.2, 0.25) is 0 Å². The van der Waals surface area contributed by atoms with Crippen molar-refractivity contribution in [3.8, 4) is 0 Å². The smallest absolute Gasteiger partial charge is 0.255 e. The molecule has 2 heterocycles. The Morgan fingerprint density at radius 2 is 1.88 bits per heavy atom. The molecule has 0 saturated carbocycles. The molecule has 1 aromatic rings. The van der Waals surface area contributed by atoms with Gasteiger partial charge in [-0.2, -0.15) is 0 Å². The summed E-state index contributed by atoms with van der Waals surface area (Å²) in [6.45, 7) is 10.3. The van der Waals surface area contributed by atoms with Gasteiger partial charge in [0.25, 0.3) is 5.91 Å². The van der Waals surface area contributed by atoms with Crippen molar-refractivity contribution in [1.82, 2.24) is 10.2 Å². The van der Waals surface area contributed by atoms with Crippen LogP contribution in [0.25, 0.3) is 0 Å². The van der Waals surface area contributed by atoms with Crippen molar-refractivity contribution < 1.29 is 4.79 Å². The average molecular weight is 329 g/mol. The third kappa shape index (κ3) is 3.92. The summed E-state index contributed by atoms with van der Waals surface area (Å²) in [7, 11) is 0. The van der Waals surface area contributed by atoms with E-state index in [2.05, 4.69) is 47.2 Å². The van der Waals surface area contributed by atoms with Gasteiger partial charge in [0.2, 0.25) is 0 Å². The van der Waals surface area contributed by atoms with E-state index in [1.165, 1.54) is 18.4 Å². The summed E-state index contributed by atoms with van der Waals surface area (Å²) in [5.41, 5.74) is 3.21. The number of anilines is 1. The van der Waals surface area contributed by atoms with Crippen molar-refractivity contribution in [3.05, 3.63) is 29.3 Å². The van der Waals surface area contributed by atoms with E-state index in [4.69, 9.17) is 0 Å². The molecule has 2 fully saturated rings. The van der Waals surface area contributed by atoms with Crippen molar-refractivity contribution >= 4 is 11.6 Å². The van der Waals surface area contributed by atoms with Crippen LogP contribution in [0.4, 0.5) is 5.69 Å². The molecule has 0 aromatic heterocycles. The Morgan fingerprint density at radius 3 is 2.54 bits per heavy atom. The topological polar surface area (TPSA) is 35.6 Å². The molecule has 1 aromatic carbocycles. The number of hydrogen-bond donors (Lipinski definition) is 1. The predicted octanol–water partition coefficient (Wildman–Crippen LogP) is 3.06. The molecular weight excluding hydrogens is 298 g/mol. The van der Waals surface area contributed by atoms with E-state index >= 15 is 0 Å². The molecule has 132 valence electrons. The molecule has 0 bridgehead atoms. The molecule has 2 aliphatic rings. The molecular formula is C20H31N3O. The molecule has 0 spiro atoms. The van der Waals surface area contributed by atoms with Gasteiger partial charge in [-0.3, -0.25) is 4.79 Å². The minimum Gasteiger partial charge on any atom is -0.371 e. The van der Waals surface area contributed by atoms with E-state index < -0.39 is 0 Å². The number of likely N-dealkylation sites (tertiary alicyclic amines) is 1. The summed E-state index contributed by atoms with van der Waals surface area (Å²) in [5.74, 6) is 0.937. The fraction of sp³-hybridized carbons (Fsp3) is 0.650. The monoisotopic (exact) mass is 329 g/mol. The van der Waals surface area contributed by atoms with Gasteiger partial charge in [-0.1, -0.05) is 18.6 Å². The molecule has 4 nitrogen and oxygen atoms in total. The van der Waals surface area contributed by atoms with Gasteiger partial charge in [0.1, 0.15) is 0 Å². The van der Waals surface area contributed by atoms with E-state index in [9.17, 15) is 4.79 Å². The third-order valence-corrected chi connectivity index (χ3v) is 5.41. The van der Waals surface area contributed by atoms with Gasteiger partial charge in [-0.15, -0.1) is 0 Å². The van der Waals surface area contributed by atoms with Crippen LogP contribution in [0.1, 0.15) is 48.5 Å². The predicted molar refractivity (Wildman–Crippen MR) is 99.8 cm³/mol. The number of aryl methyl sites for hydroxylation is 1. The first-order valence-electron chi connectivity index (χ1n) is 9.54. The maximum Gasteiger partial charge on any atom is 0.255 e. The maximum atomic E-state index is 13.1. The van der Waals surface area contributed by atoms with Crippen LogP contribution in [-0.2, 0) is 0 Å². The minimum absolute atomic E-state index is 0.225. The van der Waals surface area contributed by atoms with Gasteiger partial charge >= 0.3 is 0 Å². The Bertz CT molecular complexity index is 558. The lowest BCUT2D eigenvalue weighted by Gasteiger charge is -2.33. The van der Waals surface area contributed by atoms with Gasteiger partial charge in [0.05, 0.1) is 5.56 Å². The summed E-state index contributed by atoms with van der Waals surface area (Å²) >= 11 is 0. The lowest BCUT2D eigenvalue weighted by Crippen LogP contribution is -2.41. The highest BCUT2D eigenvalue weighted by Crippen LogP contribution is 2.28. The van der Waals surface area contributed by atoms with Crippen molar-refractivity contribution in [2.24, 2.45) is 5.92 Å². The largest absolute Gasteiger partial charge is 0.371 e. The van der Waals surface area contributed by atoms with Gasteiger partial charge in [0.15, 0.2) is 0 Å². The highest BCUT2D eigenvalue weighted by Gasteiger charge is 2.26. The second-order valence-electron chi connectivity index (χ2n) is 7.26. The summed E-state index contributed by atoms with van der Waals surface area (Å²) in [6, 6.07) is 6.36. The normalized spacial score (nSPS) is 19.1. The first-order valence-corrected chi connectivity index (χ1v) is 9.54. The van der Waals surface area contributed by atoms with Crippen LogP contribution in [0.15, 0.2) is 18.2 Å². The van der Waals surface area contributed by atoms with Crippen molar-refractivity contribution in [3.63, 3.8) is 0 Å². The Morgan fingerprint density at radius 1 is 1.17 bits per heavy atom. The maximum absolute atomic E-state index is 13.1. The molecule has 0 atom stereocenters. The standard InChI is InChI=1S/C20H31N3O/c1-3-21-15-17-8-12-23(13-9-17)20(24)18-14-16(2)6-7-19(18)22-10-4-5-11-22/h6-7,14,17,21H,3-5,8-13,15H2,1-2H3. The Hall–Kier alpha value is -1.55. The van der Waals surface area contributed by atoms with Crippen molar-refractivity contribution in [2.75, 3.05) is 44.2 Å². The second kappa shape index (κ2) is 8.02. The molecule has 0 aliphatic carbocycles. The molecule has 1 amide bonds. The first kappa shape index (κ1) is 17.3. The number of amides is 1. The van der Waals surface area contributed by atoms with Crippen LogP contribution in [0, 0.1) is 12.8 Å². The highest BCUT2D eigenvalue weighted by atomic mass is 16.2. The second-order valence-corrected chi connectivity index (χ2v) is 7.26. The summed E-state index contributed by atoms with van der Waals surface area (Å²) < 4.78 is 0. The Kier molecular flexibility index (Phi) is 5.77. The fourth-order valence-electron chi connectivity index (χ4n) is 3.91. The highest BCUT2D eigenvalue weighted by molar-refractivity contribution is 6.00. The zero-order valence-electron chi connectivity index (χ0n) is 15.2. The number of carbonyl (C=O) groups is 1. The molecule has 1 N–H and O–H groups in total. The zero-order valence-corrected chi connectivity index (χ0v) is 15.2. The number of hydrogen-bond acceptors (Lipinski definition) is 3. The molecule has 2 aliphatic heterocycles.